The number of fused-ring (bicyclic) bond motifs is 1. The molecule has 0 unspecified atom stereocenters. The lowest BCUT2D eigenvalue weighted by Crippen LogP contribution is -2.21. The highest BCUT2D eigenvalue weighted by Gasteiger charge is 2.12. The SMILES string of the molecule is COc1ccc(Br)c(-c2nc3[nH]c(=O)[nH]c(=O)c3[nH]2)c1. The number of benzene rings is 1. The minimum Gasteiger partial charge on any atom is -0.497 e. The van der Waals surface area contributed by atoms with Gasteiger partial charge in [0.25, 0.3) is 5.56 Å². The Morgan fingerprint density at radius 1 is 1.20 bits per heavy atom. The summed E-state index contributed by atoms with van der Waals surface area (Å²) in [6, 6.07) is 5.38. The lowest BCUT2D eigenvalue weighted by atomic mass is 10.2. The molecule has 0 aliphatic rings. The molecule has 0 radical (unpaired) electrons. The largest absolute Gasteiger partial charge is 0.497 e. The summed E-state index contributed by atoms with van der Waals surface area (Å²) in [7, 11) is 1.56. The van der Waals surface area contributed by atoms with Crippen LogP contribution in [0.3, 0.4) is 0 Å². The summed E-state index contributed by atoms with van der Waals surface area (Å²) in [6.45, 7) is 0. The first-order chi connectivity index (χ1) is 9.58. The van der Waals surface area contributed by atoms with E-state index in [1.165, 1.54) is 0 Å². The van der Waals surface area contributed by atoms with Crippen LogP contribution in [0.5, 0.6) is 5.75 Å². The Bertz CT molecular complexity index is 909. The Morgan fingerprint density at radius 3 is 2.75 bits per heavy atom. The maximum absolute atomic E-state index is 11.7. The molecule has 0 aliphatic carbocycles. The number of imidazole rings is 1. The van der Waals surface area contributed by atoms with Crippen molar-refractivity contribution >= 4 is 27.1 Å². The quantitative estimate of drug-likeness (QED) is 0.657. The third-order valence-electron chi connectivity index (χ3n) is 2.82. The molecule has 0 saturated heterocycles. The maximum atomic E-state index is 11.7. The van der Waals surface area contributed by atoms with Crippen LogP contribution in [0.2, 0.25) is 0 Å². The minimum atomic E-state index is -0.592. The normalized spacial score (nSPS) is 10.9. The van der Waals surface area contributed by atoms with Gasteiger partial charge in [0, 0.05) is 10.0 Å². The number of aromatic nitrogens is 4. The van der Waals surface area contributed by atoms with Crippen LogP contribution in [0.25, 0.3) is 22.6 Å². The molecule has 0 aliphatic heterocycles. The first-order valence-electron chi connectivity index (χ1n) is 5.64. The lowest BCUT2D eigenvalue weighted by Gasteiger charge is -2.04. The first kappa shape index (κ1) is 12.7. The van der Waals surface area contributed by atoms with Crippen molar-refractivity contribution in [3.63, 3.8) is 0 Å². The zero-order valence-corrected chi connectivity index (χ0v) is 11.9. The summed E-state index contributed by atoms with van der Waals surface area (Å²) in [4.78, 5) is 34.6. The van der Waals surface area contributed by atoms with Crippen LogP contribution in [0, 0.1) is 0 Å². The van der Waals surface area contributed by atoms with Gasteiger partial charge in [-0.1, -0.05) is 15.9 Å². The maximum Gasteiger partial charge on any atom is 0.327 e. The first-order valence-corrected chi connectivity index (χ1v) is 6.44. The van der Waals surface area contributed by atoms with Crippen molar-refractivity contribution in [1.82, 2.24) is 19.9 Å². The summed E-state index contributed by atoms with van der Waals surface area (Å²) in [5, 5.41) is 0. The summed E-state index contributed by atoms with van der Waals surface area (Å²) >= 11 is 3.41. The van der Waals surface area contributed by atoms with Crippen LogP contribution in [0.15, 0.2) is 32.3 Å². The fourth-order valence-electron chi connectivity index (χ4n) is 1.87. The van der Waals surface area contributed by atoms with Crippen molar-refractivity contribution in [2.75, 3.05) is 7.11 Å². The number of methoxy groups -OCH3 is 1. The number of hydrogen-bond acceptors (Lipinski definition) is 4. The Balaban J connectivity index is 2.27. The zero-order chi connectivity index (χ0) is 14.3. The molecular weight excluding hydrogens is 328 g/mol. The fourth-order valence-corrected chi connectivity index (χ4v) is 2.31. The van der Waals surface area contributed by atoms with E-state index in [0.717, 1.165) is 10.0 Å². The van der Waals surface area contributed by atoms with Gasteiger partial charge in [0.1, 0.15) is 17.1 Å². The van der Waals surface area contributed by atoms with Crippen LogP contribution < -0.4 is 16.0 Å². The van der Waals surface area contributed by atoms with Crippen molar-refractivity contribution in [3.8, 4) is 17.1 Å². The van der Waals surface area contributed by atoms with Crippen LogP contribution in [0.4, 0.5) is 0 Å². The summed E-state index contributed by atoms with van der Waals surface area (Å²) in [5.74, 6) is 1.11. The zero-order valence-electron chi connectivity index (χ0n) is 10.3. The van der Waals surface area contributed by atoms with Gasteiger partial charge in [0.15, 0.2) is 5.65 Å². The van der Waals surface area contributed by atoms with Gasteiger partial charge in [-0.3, -0.25) is 14.8 Å². The smallest absolute Gasteiger partial charge is 0.327 e. The van der Waals surface area contributed by atoms with Crippen molar-refractivity contribution in [3.05, 3.63) is 43.5 Å². The lowest BCUT2D eigenvalue weighted by molar-refractivity contribution is 0.415. The molecule has 3 aromatic rings. The van der Waals surface area contributed by atoms with Gasteiger partial charge in [0.05, 0.1) is 7.11 Å². The van der Waals surface area contributed by atoms with Gasteiger partial charge in [0.2, 0.25) is 0 Å². The molecule has 1 aromatic carbocycles. The van der Waals surface area contributed by atoms with E-state index < -0.39 is 11.2 Å². The average Bonchev–Trinajstić information content (AvgIpc) is 2.83. The minimum absolute atomic E-state index is 0.212. The van der Waals surface area contributed by atoms with Crippen LogP contribution in [-0.2, 0) is 0 Å². The van der Waals surface area contributed by atoms with E-state index in [2.05, 4.69) is 35.9 Å². The Labute approximate surface area is 120 Å². The molecule has 3 N–H and O–H groups in total. The van der Waals surface area contributed by atoms with Gasteiger partial charge in [-0.05, 0) is 18.2 Å². The molecule has 2 heterocycles. The van der Waals surface area contributed by atoms with E-state index >= 15 is 0 Å². The van der Waals surface area contributed by atoms with Gasteiger partial charge in [-0.2, -0.15) is 0 Å². The van der Waals surface area contributed by atoms with E-state index in [1.807, 2.05) is 6.07 Å². The van der Waals surface area contributed by atoms with Crippen molar-refractivity contribution in [1.29, 1.82) is 0 Å². The molecule has 0 bridgehead atoms. The third kappa shape index (κ3) is 2.03. The number of nitrogens with zero attached hydrogens (tertiary/aromatic N) is 1. The molecule has 102 valence electrons. The molecule has 0 atom stereocenters. The molecule has 0 amide bonds. The van der Waals surface area contributed by atoms with Gasteiger partial charge in [-0.25, -0.2) is 9.78 Å². The average molecular weight is 337 g/mol. The van der Waals surface area contributed by atoms with Gasteiger partial charge in [-0.15, -0.1) is 0 Å². The van der Waals surface area contributed by atoms with E-state index in [0.29, 0.717) is 11.6 Å². The number of rotatable bonds is 2. The highest BCUT2D eigenvalue weighted by molar-refractivity contribution is 9.10. The second kappa shape index (κ2) is 4.64. The Hall–Kier alpha value is -2.35. The van der Waals surface area contributed by atoms with Gasteiger partial charge >= 0.3 is 5.69 Å². The number of hydrogen-bond donors (Lipinski definition) is 3. The summed E-state index contributed by atoms with van der Waals surface area (Å²) in [6.07, 6.45) is 0. The van der Waals surface area contributed by atoms with Crippen LogP contribution >= 0.6 is 15.9 Å². The monoisotopic (exact) mass is 336 g/mol. The molecule has 0 saturated carbocycles. The third-order valence-corrected chi connectivity index (χ3v) is 3.51. The number of halogens is 1. The van der Waals surface area contributed by atoms with Crippen molar-refractivity contribution in [2.45, 2.75) is 0 Å². The molecule has 0 spiro atoms. The highest BCUT2D eigenvalue weighted by atomic mass is 79.9. The van der Waals surface area contributed by atoms with E-state index in [4.69, 9.17) is 4.74 Å². The van der Waals surface area contributed by atoms with E-state index in [-0.39, 0.29) is 11.2 Å². The number of ether oxygens (including phenoxy) is 1. The van der Waals surface area contributed by atoms with Crippen molar-refractivity contribution in [2.24, 2.45) is 0 Å². The standard InChI is InChI=1S/C12H9BrN4O3/c1-20-5-2-3-7(13)6(4-5)9-14-8-10(15-9)16-12(19)17-11(8)18/h2-4H,1H3,(H3,14,15,16,17,18,19). The molecule has 8 heteroatoms. The Kier molecular flexibility index (Phi) is 2.94. The second-order valence-corrected chi connectivity index (χ2v) is 4.92. The van der Waals surface area contributed by atoms with Crippen molar-refractivity contribution < 1.29 is 4.74 Å². The number of aromatic amines is 3. The topological polar surface area (TPSA) is 104 Å². The second-order valence-electron chi connectivity index (χ2n) is 4.06. The highest BCUT2D eigenvalue weighted by Crippen LogP contribution is 2.30. The number of H-pyrrole nitrogens is 3. The predicted molar refractivity (Wildman–Crippen MR) is 77.0 cm³/mol. The molecule has 3 rings (SSSR count). The molecular formula is C12H9BrN4O3. The summed E-state index contributed by atoms with van der Waals surface area (Å²) < 4.78 is 5.95. The molecule has 20 heavy (non-hydrogen) atoms. The fraction of sp³-hybridized carbons (Fsp3) is 0.0833. The van der Waals surface area contributed by atoms with Crippen LogP contribution in [-0.4, -0.2) is 27.0 Å². The summed E-state index contributed by atoms with van der Waals surface area (Å²) in [5.41, 5.74) is 0.0466. The predicted octanol–water partition coefficient (Wildman–Crippen LogP) is 1.38. The van der Waals surface area contributed by atoms with Gasteiger partial charge < -0.3 is 9.72 Å². The van der Waals surface area contributed by atoms with E-state index in [1.54, 1.807) is 19.2 Å². The molecule has 2 aromatic heterocycles. The van der Waals surface area contributed by atoms with Crippen LogP contribution in [0.1, 0.15) is 0 Å². The van der Waals surface area contributed by atoms with E-state index in [9.17, 15) is 9.59 Å². The molecule has 0 fully saturated rings. The Morgan fingerprint density at radius 2 is 2.00 bits per heavy atom. The number of nitrogens with one attached hydrogen (secondary N) is 3. The molecule has 7 nitrogen and oxygen atoms in total.